The Bertz CT molecular complexity index is 851. The number of hydrogen-bond acceptors (Lipinski definition) is 9. The Morgan fingerprint density at radius 3 is 2.54 bits per heavy atom. The summed E-state index contributed by atoms with van der Waals surface area (Å²) in [6.45, 7) is 8.73. The van der Waals surface area contributed by atoms with Crippen molar-refractivity contribution in [1.29, 1.82) is 0 Å². The molecule has 0 aliphatic carbocycles. The summed E-state index contributed by atoms with van der Waals surface area (Å²) >= 11 is 0. The highest BCUT2D eigenvalue weighted by Crippen LogP contribution is 2.28. The molecule has 0 spiro atoms. The number of morpholine rings is 1. The minimum Gasteiger partial charge on any atom is -0.388 e. The fourth-order valence-electron chi connectivity index (χ4n) is 5.86. The van der Waals surface area contributed by atoms with E-state index in [0.29, 0.717) is 39.2 Å². The first-order valence-corrected chi connectivity index (χ1v) is 13.2. The molecule has 3 amide bonds. The molecule has 12 nitrogen and oxygen atoms in total. The maximum atomic E-state index is 13.7. The summed E-state index contributed by atoms with van der Waals surface area (Å²) in [6, 6.07) is -0.586. The van der Waals surface area contributed by atoms with E-state index in [1.165, 1.54) is 12.0 Å². The lowest BCUT2D eigenvalue weighted by atomic mass is 9.95. The van der Waals surface area contributed by atoms with Crippen LogP contribution in [0.15, 0.2) is 0 Å². The molecule has 4 rings (SSSR count). The van der Waals surface area contributed by atoms with Gasteiger partial charge in [0.2, 0.25) is 17.7 Å². The average molecular weight is 527 g/mol. The number of carbonyl (C=O) groups excluding carboxylic acids is 3. The largest absolute Gasteiger partial charge is 0.388 e. The molecule has 4 heterocycles. The molecule has 3 N–H and O–H groups in total. The molecule has 0 aromatic carbocycles. The van der Waals surface area contributed by atoms with Gasteiger partial charge in [0.15, 0.2) is 0 Å². The predicted molar refractivity (Wildman–Crippen MR) is 131 cm³/mol. The molecule has 0 unspecified atom stereocenters. The van der Waals surface area contributed by atoms with Crippen LogP contribution in [-0.4, -0.2) is 145 Å². The van der Waals surface area contributed by atoms with E-state index < -0.39 is 30.5 Å². The molecule has 4 aliphatic heterocycles. The second kappa shape index (κ2) is 11.5. The highest BCUT2D eigenvalue weighted by molar-refractivity contribution is 5.83. The van der Waals surface area contributed by atoms with Gasteiger partial charge in [-0.15, -0.1) is 0 Å². The first-order chi connectivity index (χ1) is 17.4. The van der Waals surface area contributed by atoms with Crippen molar-refractivity contribution in [2.45, 2.75) is 76.2 Å². The molecule has 0 radical (unpaired) electrons. The van der Waals surface area contributed by atoms with Crippen molar-refractivity contribution in [2.75, 3.05) is 59.6 Å². The van der Waals surface area contributed by atoms with Gasteiger partial charge in [0.05, 0.1) is 31.3 Å². The summed E-state index contributed by atoms with van der Waals surface area (Å²) in [6.07, 6.45) is -4.36. The van der Waals surface area contributed by atoms with Crippen LogP contribution in [-0.2, 0) is 28.6 Å². The molecular formula is C25H42N4O8. The number of nitrogens with zero attached hydrogens (tertiary/aromatic N) is 3. The average Bonchev–Trinajstić information content (AvgIpc) is 3.31. The van der Waals surface area contributed by atoms with Crippen molar-refractivity contribution in [3.8, 4) is 0 Å². The third-order valence-electron chi connectivity index (χ3n) is 7.47. The quantitative estimate of drug-likeness (QED) is 0.388. The SMILES string of the molecule is COCC(=O)N1C[C@@H]2CN(CCO2)C(=O)[C@@H]2C[C@@H](CN2CC(C)(C)C)NC(=O)C[C@@H]2O[C@H](C1)[C@@H](O)[C@H]2O. The maximum absolute atomic E-state index is 13.7. The number of aliphatic hydroxyl groups excluding tert-OH is 2. The third kappa shape index (κ3) is 6.79. The summed E-state index contributed by atoms with van der Waals surface area (Å²) in [5.41, 5.74) is -0.0428. The van der Waals surface area contributed by atoms with E-state index in [1.54, 1.807) is 4.90 Å². The summed E-state index contributed by atoms with van der Waals surface area (Å²) in [5.74, 6) is -0.626. The molecule has 0 saturated carbocycles. The Hall–Kier alpha value is -1.83. The van der Waals surface area contributed by atoms with Gasteiger partial charge in [0.1, 0.15) is 24.9 Å². The smallest absolute Gasteiger partial charge is 0.248 e. The second-order valence-corrected chi connectivity index (χ2v) is 11.9. The van der Waals surface area contributed by atoms with Gasteiger partial charge >= 0.3 is 0 Å². The lowest BCUT2D eigenvalue weighted by Crippen LogP contribution is -2.56. The second-order valence-electron chi connectivity index (χ2n) is 11.9. The molecule has 6 bridgehead atoms. The van der Waals surface area contributed by atoms with Gasteiger partial charge in [-0.25, -0.2) is 0 Å². The number of nitrogens with one attached hydrogen (secondary N) is 1. The van der Waals surface area contributed by atoms with Gasteiger partial charge in [-0.1, -0.05) is 20.8 Å². The van der Waals surface area contributed by atoms with Crippen molar-refractivity contribution in [1.82, 2.24) is 20.0 Å². The lowest BCUT2D eigenvalue weighted by molar-refractivity contribution is -0.148. The number of ether oxygens (including phenoxy) is 3. The molecule has 4 aliphatic rings. The normalized spacial score (nSPS) is 36.1. The van der Waals surface area contributed by atoms with Crippen molar-refractivity contribution in [2.24, 2.45) is 5.41 Å². The van der Waals surface area contributed by atoms with E-state index >= 15 is 0 Å². The number of hydrogen-bond donors (Lipinski definition) is 3. The lowest BCUT2D eigenvalue weighted by Gasteiger charge is -2.39. The number of amides is 3. The van der Waals surface area contributed by atoms with Crippen LogP contribution in [0.5, 0.6) is 0 Å². The molecule has 210 valence electrons. The number of likely N-dealkylation sites (tertiary alicyclic amines) is 1. The van der Waals surface area contributed by atoms with Gasteiger partial charge in [0, 0.05) is 52.4 Å². The summed E-state index contributed by atoms with van der Waals surface area (Å²) < 4.78 is 16.9. The third-order valence-corrected chi connectivity index (χ3v) is 7.47. The monoisotopic (exact) mass is 526 g/mol. The molecule has 12 heteroatoms. The highest BCUT2D eigenvalue weighted by atomic mass is 16.5. The molecule has 4 fully saturated rings. The predicted octanol–water partition coefficient (Wildman–Crippen LogP) is -1.81. The van der Waals surface area contributed by atoms with Crippen molar-refractivity contribution in [3.05, 3.63) is 0 Å². The number of methoxy groups -OCH3 is 1. The minimum atomic E-state index is -1.26. The van der Waals surface area contributed by atoms with Crippen LogP contribution < -0.4 is 5.32 Å². The van der Waals surface area contributed by atoms with Gasteiger partial charge < -0.3 is 39.5 Å². The van der Waals surface area contributed by atoms with Gasteiger partial charge in [-0.05, 0) is 11.8 Å². The van der Waals surface area contributed by atoms with Crippen LogP contribution in [0.4, 0.5) is 0 Å². The van der Waals surface area contributed by atoms with Crippen LogP contribution in [0, 0.1) is 5.41 Å². The molecular weight excluding hydrogens is 484 g/mol. The van der Waals surface area contributed by atoms with Gasteiger partial charge in [-0.3, -0.25) is 19.3 Å². The van der Waals surface area contributed by atoms with E-state index in [0.717, 1.165) is 0 Å². The summed E-state index contributed by atoms with van der Waals surface area (Å²) in [4.78, 5) is 44.9. The molecule has 0 aromatic rings. The van der Waals surface area contributed by atoms with E-state index in [-0.39, 0.29) is 61.3 Å². The topological polar surface area (TPSA) is 141 Å². The van der Waals surface area contributed by atoms with E-state index in [1.807, 2.05) is 0 Å². The highest BCUT2D eigenvalue weighted by Gasteiger charge is 2.46. The Kier molecular flexibility index (Phi) is 8.76. The maximum Gasteiger partial charge on any atom is 0.248 e. The fourth-order valence-corrected chi connectivity index (χ4v) is 5.86. The van der Waals surface area contributed by atoms with Crippen LogP contribution in [0.25, 0.3) is 0 Å². The molecule has 0 aromatic heterocycles. The Balaban J connectivity index is 1.61. The van der Waals surface area contributed by atoms with Crippen LogP contribution in [0.1, 0.15) is 33.6 Å². The van der Waals surface area contributed by atoms with Crippen LogP contribution >= 0.6 is 0 Å². The Morgan fingerprint density at radius 1 is 1.11 bits per heavy atom. The van der Waals surface area contributed by atoms with Gasteiger partial charge in [-0.2, -0.15) is 0 Å². The minimum absolute atomic E-state index is 0.00302. The first-order valence-electron chi connectivity index (χ1n) is 13.2. The van der Waals surface area contributed by atoms with E-state index in [4.69, 9.17) is 14.2 Å². The zero-order chi connectivity index (χ0) is 26.9. The zero-order valence-electron chi connectivity index (χ0n) is 22.3. The van der Waals surface area contributed by atoms with E-state index in [9.17, 15) is 24.6 Å². The van der Waals surface area contributed by atoms with Crippen molar-refractivity contribution >= 4 is 17.7 Å². The number of fused-ring (bicyclic) bond motifs is 6. The number of carbonyl (C=O) groups is 3. The van der Waals surface area contributed by atoms with Crippen molar-refractivity contribution < 1.29 is 38.8 Å². The van der Waals surface area contributed by atoms with Crippen molar-refractivity contribution in [3.63, 3.8) is 0 Å². The number of aliphatic hydroxyl groups is 2. The van der Waals surface area contributed by atoms with Gasteiger partial charge in [0.25, 0.3) is 0 Å². The van der Waals surface area contributed by atoms with Crippen LogP contribution in [0.3, 0.4) is 0 Å². The summed E-state index contributed by atoms with van der Waals surface area (Å²) in [7, 11) is 1.42. The molecule has 37 heavy (non-hydrogen) atoms. The summed E-state index contributed by atoms with van der Waals surface area (Å²) in [5, 5.41) is 24.3. The van der Waals surface area contributed by atoms with E-state index in [2.05, 4.69) is 31.0 Å². The fraction of sp³-hybridized carbons (Fsp3) is 0.880. The van der Waals surface area contributed by atoms with Crippen LogP contribution in [0.2, 0.25) is 0 Å². The first kappa shape index (κ1) is 28.2. The molecule has 4 saturated heterocycles. The zero-order valence-corrected chi connectivity index (χ0v) is 22.3. The Morgan fingerprint density at radius 2 is 1.84 bits per heavy atom. The Labute approximate surface area is 218 Å². The number of rotatable bonds is 3. The molecule has 7 atom stereocenters. The standard InChI is InChI=1S/C25H42N4O8/c1-25(2,3)14-29-9-15-7-17(29)24(34)27-5-6-36-16(10-27)11-28(21(31)13-35-4)12-19-23(33)22(32)18(37-19)8-20(30)26-15/h15-19,22-23,32-33H,5-14H2,1-4H3,(H,26,30)/t15-,16-,17-,18-,19+,22-,23+/m0/s1.